The zero-order valence-electron chi connectivity index (χ0n) is 38.6. The van der Waals surface area contributed by atoms with Gasteiger partial charge in [0.15, 0.2) is 5.78 Å². The highest BCUT2D eigenvalue weighted by molar-refractivity contribution is 6.13. The molecule has 7 atom stereocenters. The summed E-state index contributed by atoms with van der Waals surface area (Å²) in [5, 5.41) is 24.7. The molecule has 4 aromatic carbocycles. The van der Waals surface area contributed by atoms with Crippen LogP contribution in [0.5, 0.6) is 11.5 Å². The molecule has 2 saturated carbocycles. The van der Waals surface area contributed by atoms with Crippen LogP contribution in [-0.4, -0.2) is 65.6 Å². The lowest BCUT2D eigenvalue weighted by molar-refractivity contribution is -0.0877. The number of aliphatic hydroxyl groups excluding tert-OH is 1. The Hall–Kier alpha value is -4.92. The predicted octanol–water partition coefficient (Wildman–Crippen LogP) is 11.7. The fraction of sp³-hybridized carbons (Fsp3) is 0.491. The highest BCUT2D eigenvalue weighted by Crippen LogP contribution is 2.59. The number of rotatable bonds is 11. The fourth-order valence-corrected chi connectivity index (χ4v) is 11.0. The number of hydrogen-bond donors (Lipinski definition) is 2. The number of fused-ring (bicyclic) bond motifs is 8. The van der Waals surface area contributed by atoms with E-state index in [1.165, 1.54) is 5.57 Å². The normalized spacial score (nSPS) is 26.3. The molecule has 0 aromatic heterocycles. The molecule has 8 rings (SSSR count). The third-order valence-electron chi connectivity index (χ3n) is 15.0. The minimum Gasteiger partial charge on any atom is -0.497 e. The Morgan fingerprint density at radius 2 is 1.63 bits per heavy atom. The van der Waals surface area contributed by atoms with Crippen molar-refractivity contribution in [2.75, 3.05) is 20.8 Å². The lowest BCUT2D eigenvalue weighted by atomic mass is 9.64. The number of nitrogens with zero attached hydrogens (tertiary/aromatic N) is 1. The van der Waals surface area contributed by atoms with Crippen molar-refractivity contribution in [3.63, 3.8) is 0 Å². The smallest absolute Gasteiger partial charge is 0.410 e. The van der Waals surface area contributed by atoms with Gasteiger partial charge in [0.05, 0.1) is 39.0 Å². The molecule has 0 aliphatic heterocycles. The van der Waals surface area contributed by atoms with Gasteiger partial charge in [0.25, 0.3) is 0 Å². The van der Waals surface area contributed by atoms with Crippen LogP contribution in [0.3, 0.4) is 0 Å². The predicted molar refractivity (Wildman–Crippen MR) is 250 cm³/mol. The van der Waals surface area contributed by atoms with Crippen molar-refractivity contribution in [1.82, 2.24) is 4.90 Å². The van der Waals surface area contributed by atoms with E-state index in [4.69, 9.17) is 14.2 Å². The summed E-state index contributed by atoms with van der Waals surface area (Å²) >= 11 is 0. The van der Waals surface area contributed by atoms with Crippen LogP contribution < -0.4 is 9.47 Å². The van der Waals surface area contributed by atoms with Gasteiger partial charge in [-0.2, -0.15) is 0 Å². The van der Waals surface area contributed by atoms with E-state index in [0.717, 1.165) is 53.5 Å². The quantitative estimate of drug-likeness (QED) is 0.114. The minimum absolute atomic E-state index is 0.0374. The Labute approximate surface area is 375 Å². The van der Waals surface area contributed by atoms with Crippen LogP contribution in [0, 0.1) is 23.2 Å². The van der Waals surface area contributed by atoms with Gasteiger partial charge in [-0.25, -0.2) is 4.79 Å². The Morgan fingerprint density at radius 1 is 0.873 bits per heavy atom. The minimum atomic E-state index is -1.36. The van der Waals surface area contributed by atoms with Crippen molar-refractivity contribution in [2.45, 2.75) is 129 Å². The van der Waals surface area contributed by atoms with E-state index in [0.29, 0.717) is 73.0 Å². The van der Waals surface area contributed by atoms with Gasteiger partial charge in [0.1, 0.15) is 17.6 Å². The summed E-state index contributed by atoms with van der Waals surface area (Å²) < 4.78 is 17.9. The number of carbonyl (C=O) groups excluding carboxylic acids is 2. The van der Waals surface area contributed by atoms with Gasteiger partial charge < -0.3 is 29.3 Å². The van der Waals surface area contributed by atoms with Gasteiger partial charge >= 0.3 is 6.09 Å². The van der Waals surface area contributed by atoms with Crippen molar-refractivity contribution in [3.05, 3.63) is 130 Å². The lowest BCUT2D eigenvalue weighted by Crippen LogP contribution is -2.54. The highest BCUT2D eigenvalue weighted by atomic mass is 16.6. The summed E-state index contributed by atoms with van der Waals surface area (Å²) in [6.45, 7) is 11.1. The summed E-state index contributed by atoms with van der Waals surface area (Å²) in [5.74, 6) is 1.98. The summed E-state index contributed by atoms with van der Waals surface area (Å²) in [5.41, 5.74) is 4.66. The van der Waals surface area contributed by atoms with Gasteiger partial charge in [-0.3, -0.25) is 4.79 Å². The number of carbonyl (C=O) groups is 2. The molecule has 2 fully saturated rings. The third kappa shape index (κ3) is 10.1. The molecular weight excluding hydrogens is 787 g/mol. The lowest BCUT2D eigenvalue weighted by Gasteiger charge is -2.46. The van der Waals surface area contributed by atoms with Crippen LogP contribution in [0.2, 0.25) is 0 Å². The topological polar surface area (TPSA) is 106 Å². The van der Waals surface area contributed by atoms with E-state index in [-0.39, 0.29) is 36.8 Å². The van der Waals surface area contributed by atoms with E-state index in [1.54, 1.807) is 19.1 Å². The van der Waals surface area contributed by atoms with Crippen LogP contribution in [-0.2, 0) is 17.7 Å². The molecule has 0 radical (unpaired) electrons. The second-order valence-corrected chi connectivity index (χ2v) is 19.5. The molecule has 0 heterocycles. The fourth-order valence-electron chi connectivity index (χ4n) is 11.0. The molecule has 0 saturated heterocycles. The largest absolute Gasteiger partial charge is 0.497 e. The molecule has 0 unspecified atom stereocenters. The zero-order chi connectivity index (χ0) is 44.9. The molecule has 2 bridgehead atoms. The Balaban J connectivity index is 1.32. The molecule has 8 nitrogen and oxygen atoms in total. The summed E-state index contributed by atoms with van der Waals surface area (Å²) in [6, 6.07) is 29.5. The van der Waals surface area contributed by atoms with Crippen molar-refractivity contribution in [1.29, 1.82) is 0 Å². The molecular formula is C55H69NO7. The second kappa shape index (κ2) is 19.9. The van der Waals surface area contributed by atoms with E-state index < -0.39 is 23.2 Å². The maximum atomic E-state index is 15.2. The first-order valence-electron chi connectivity index (χ1n) is 23.3. The number of hydrogen-bond acceptors (Lipinski definition) is 7. The van der Waals surface area contributed by atoms with Crippen LogP contribution in [0.25, 0.3) is 11.1 Å². The van der Waals surface area contributed by atoms with Crippen LogP contribution >= 0.6 is 0 Å². The molecule has 4 aliphatic carbocycles. The SMILES string of the molecule is COc1ccc(CN(C[C@]2(O)CC[C@H]3c4ccc(cc4C(=O)c4ccccc4-c4ccccc4)C[C@@H](O)CCC(C)=CCC[C@@]32C)C(=O)O[C@H]2C[C@@H](C)CC[C@@H]2C(C)C)c(OC)c1. The first-order chi connectivity index (χ1) is 30.2. The average molecular weight is 856 g/mol. The van der Waals surface area contributed by atoms with Crippen LogP contribution in [0.4, 0.5) is 4.79 Å². The molecule has 63 heavy (non-hydrogen) atoms. The molecule has 4 aromatic rings. The maximum absolute atomic E-state index is 15.2. The number of methoxy groups -OCH3 is 2. The average Bonchev–Trinajstić information content (AvgIpc) is 3.53. The number of amides is 1. The molecule has 2 N–H and O–H groups in total. The number of benzene rings is 4. The third-order valence-corrected chi connectivity index (χ3v) is 15.0. The van der Waals surface area contributed by atoms with Crippen molar-refractivity contribution in [3.8, 4) is 22.6 Å². The first kappa shape index (κ1) is 46.1. The summed E-state index contributed by atoms with van der Waals surface area (Å²) in [4.78, 5) is 31.8. The monoisotopic (exact) mass is 856 g/mol. The van der Waals surface area contributed by atoms with Crippen LogP contribution in [0.1, 0.15) is 131 Å². The van der Waals surface area contributed by atoms with Crippen LogP contribution in [0.15, 0.2) is 103 Å². The van der Waals surface area contributed by atoms with Crippen molar-refractivity contribution >= 4 is 11.9 Å². The summed E-state index contributed by atoms with van der Waals surface area (Å²) in [6.07, 6.45) is 8.10. The number of aliphatic hydroxyl groups is 2. The summed E-state index contributed by atoms with van der Waals surface area (Å²) in [7, 11) is 3.23. The first-order valence-corrected chi connectivity index (χ1v) is 23.3. The van der Waals surface area contributed by atoms with Crippen molar-refractivity contribution < 1.29 is 34.0 Å². The second-order valence-electron chi connectivity index (χ2n) is 19.5. The molecule has 0 spiro atoms. The zero-order valence-corrected chi connectivity index (χ0v) is 38.6. The highest BCUT2D eigenvalue weighted by Gasteiger charge is 2.58. The van der Waals surface area contributed by atoms with Gasteiger partial charge in [0.2, 0.25) is 0 Å². The van der Waals surface area contributed by atoms with Gasteiger partial charge in [-0.1, -0.05) is 112 Å². The van der Waals surface area contributed by atoms with Gasteiger partial charge in [-0.15, -0.1) is 0 Å². The Morgan fingerprint density at radius 3 is 2.38 bits per heavy atom. The number of ketones is 1. The van der Waals surface area contributed by atoms with E-state index in [9.17, 15) is 15.0 Å². The van der Waals surface area contributed by atoms with E-state index >= 15 is 4.79 Å². The number of allylic oxidation sites excluding steroid dienone is 2. The van der Waals surface area contributed by atoms with Crippen molar-refractivity contribution in [2.24, 2.45) is 23.2 Å². The van der Waals surface area contributed by atoms with E-state index in [2.05, 4.69) is 52.8 Å². The standard InChI is InChI=1S/C55H69NO7/c1-36(2)44-25-20-38(4)30-51(44)63-53(59)56(34-41-22-24-43(61-6)33-50(41)62-7)35-55(60)29-27-49-46-26-21-39(31-42(57)23-19-37(3)14-13-28-54(49,55)5)32-48(46)52(58)47-18-12-11-17-45(47)40-15-9-8-10-16-40/h8-12,14-18,21-22,24,26,32-33,36,38,42,44,49,51,57,60H,13,19-20,23,25,27-31,34-35H2,1-7H3/t38-,42-,44+,49-,51-,54-,55+/m0/s1. The molecule has 4 aliphatic rings. The van der Waals surface area contributed by atoms with Gasteiger partial charge in [-0.05, 0) is 129 Å². The van der Waals surface area contributed by atoms with Gasteiger partial charge in [0, 0.05) is 28.2 Å². The maximum Gasteiger partial charge on any atom is 0.410 e. The molecule has 8 heteroatoms. The number of ether oxygens (including phenoxy) is 3. The molecule has 1 amide bonds. The van der Waals surface area contributed by atoms with E-state index in [1.807, 2.05) is 78.9 Å². The molecule has 336 valence electrons. The Kier molecular flexibility index (Phi) is 14.5. The Bertz CT molecular complexity index is 2250.